The normalized spacial score (nSPS) is 11.4. The number of hydrogen-bond acceptors (Lipinski definition) is 3. The minimum absolute atomic E-state index is 0.392. The van der Waals surface area contributed by atoms with E-state index in [9.17, 15) is 18.0 Å². The molecule has 0 aliphatic heterocycles. The van der Waals surface area contributed by atoms with Crippen LogP contribution >= 0.6 is 0 Å². The zero-order chi connectivity index (χ0) is 14.5. The van der Waals surface area contributed by atoms with E-state index in [1.54, 1.807) is 24.3 Å². The summed E-state index contributed by atoms with van der Waals surface area (Å²) < 4.78 is 40.3. The van der Waals surface area contributed by atoms with Crippen molar-refractivity contribution in [2.75, 3.05) is 30.9 Å². The minimum Gasteiger partial charge on any atom is -0.399 e. The molecular weight excluding hydrogens is 261 g/mol. The van der Waals surface area contributed by atoms with Crippen LogP contribution in [-0.4, -0.2) is 32.3 Å². The monoisotopic (exact) mass is 276 g/mol. The Hall–Kier alpha value is -1.76. The maximum absolute atomic E-state index is 11.9. The van der Waals surface area contributed by atoms with E-state index in [1.165, 1.54) is 11.9 Å². The summed E-state index contributed by atoms with van der Waals surface area (Å²) in [6.07, 6.45) is -5.34. The number of amides is 1. The average molecular weight is 276 g/mol. The molecule has 0 atom stereocenters. The molecule has 0 aliphatic carbocycles. The van der Waals surface area contributed by atoms with E-state index in [4.69, 9.17) is 10.5 Å². The molecular formula is C12H15F3N2O2. The minimum atomic E-state index is -4.27. The molecule has 1 amide bonds. The molecule has 0 heterocycles. The summed E-state index contributed by atoms with van der Waals surface area (Å²) in [5.41, 5.74) is 6.66. The Morgan fingerprint density at radius 2 is 1.89 bits per heavy atom. The number of rotatable bonds is 5. The van der Waals surface area contributed by atoms with E-state index in [1.807, 2.05) is 0 Å². The molecule has 0 fully saturated rings. The summed E-state index contributed by atoms with van der Waals surface area (Å²) in [5.74, 6) is -0.424. The molecule has 1 aromatic rings. The Morgan fingerprint density at radius 1 is 1.32 bits per heavy atom. The van der Waals surface area contributed by atoms with Gasteiger partial charge in [-0.1, -0.05) is 0 Å². The zero-order valence-corrected chi connectivity index (χ0v) is 10.4. The largest absolute Gasteiger partial charge is 0.399 e. The van der Waals surface area contributed by atoms with Crippen molar-refractivity contribution in [3.05, 3.63) is 24.3 Å². The molecule has 0 saturated heterocycles. The van der Waals surface area contributed by atoms with Gasteiger partial charge in [0.1, 0.15) is 6.61 Å². The molecule has 0 radical (unpaired) electrons. The van der Waals surface area contributed by atoms with Gasteiger partial charge in [-0.3, -0.25) is 4.79 Å². The Balaban J connectivity index is 2.39. The van der Waals surface area contributed by atoms with Crippen LogP contribution in [0.5, 0.6) is 0 Å². The lowest BCUT2D eigenvalue weighted by Gasteiger charge is -2.17. The van der Waals surface area contributed by atoms with Gasteiger partial charge in [0.05, 0.1) is 13.0 Å². The van der Waals surface area contributed by atoms with Crippen LogP contribution < -0.4 is 10.6 Å². The van der Waals surface area contributed by atoms with E-state index in [2.05, 4.69) is 0 Å². The summed E-state index contributed by atoms with van der Waals surface area (Å²) in [6.45, 7) is -0.915. The van der Waals surface area contributed by atoms with Crippen LogP contribution in [0.2, 0.25) is 0 Å². The molecule has 0 saturated carbocycles. The first kappa shape index (κ1) is 15.3. The van der Waals surface area contributed by atoms with Gasteiger partial charge in [0.15, 0.2) is 0 Å². The van der Waals surface area contributed by atoms with Crippen molar-refractivity contribution in [3.63, 3.8) is 0 Å². The van der Waals surface area contributed by atoms with Crippen molar-refractivity contribution in [3.8, 4) is 0 Å². The number of anilines is 2. The van der Waals surface area contributed by atoms with E-state index >= 15 is 0 Å². The quantitative estimate of drug-likeness (QED) is 0.662. The average Bonchev–Trinajstić information content (AvgIpc) is 2.33. The van der Waals surface area contributed by atoms with Crippen LogP contribution in [0, 0.1) is 0 Å². The maximum atomic E-state index is 11.9. The lowest BCUT2D eigenvalue weighted by atomic mass is 10.2. The summed E-state index contributed by atoms with van der Waals surface area (Å²) in [7, 11) is 1.51. The first-order valence-electron chi connectivity index (χ1n) is 5.56. The third kappa shape index (κ3) is 5.60. The third-order valence-electron chi connectivity index (χ3n) is 2.41. The van der Waals surface area contributed by atoms with Gasteiger partial charge in [-0.25, -0.2) is 0 Å². The Morgan fingerprint density at radius 3 is 2.42 bits per heavy atom. The zero-order valence-electron chi connectivity index (χ0n) is 10.4. The highest BCUT2D eigenvalue weighted by molar-refractivity contribution is 5.93. The molecule has 19 heavy (non-hydrogen) atoms. The number of ether oxygens (including phenoxy) is 1. The predicted octanol–water partition coefficient (Wildman–Crippen LogP) is 2.20. The molecule has 1 rings (SSSR count). The second-order valence-electron chi connectivity index (χ2n) is 3.96. The van der Waals surface area contributed by atoms with E-state index in [0.717, 1.165) is 0 Å². The number of nitrogens with two attached hydrogens (primary N) is 1. The van der Waals surface area contributed by atoms with E-state index in [-0.39, 0.29) is 0 Å². The van der Waals surface area contributed by atoms with Crippen molar-refractivity contribution < 1.29 is 22.7 Å². The standard InChI is InChI=1S/C12H15F3N2O2/c1-17(10-4-2-9(16)3-5-10)11(18)8-19-7-6-12(13,14)15/h2-5H,6-8,16H2,1H3. The van der Waals surface area contributed by atoms with Crippen molar-refractivity contribution >= 4 is 17.3 Å². The van der Waals surface area contributed by atoms with Gasteiger partial charge in [0.25, 0.3) is 5.91 Å². The molecule has 0 bridgehead atoms. The van der Waals surface area contributed by atoms with Gasteiger partial charge >= 0.3 is 6.18 Å². The molecule has 0 aromatic heterocycles. The maximum Gasteiger partial charge on any atom is 0.391 e. The lowest BCUT2D eigenvalue weighted by molar-refractivity contribution is -0.148. The van der Waals surface area contributed by atoms with Gasteiger partial charge in [0, 0.05) is 18.4 Å². The van der Waals surface area contributed by atoms with Gasteiger partial charge in [-0.15, -0.1) is 0 Å². The summed E-state index contributed by atoms with van der Waals surface area (Å²) in [5, 5.41) is 0. The molecule has 106 valence electrons. The number of hydrogen-bond donors (Lipinski definition) is 1. The van der Waals surface area contributed by atoms with Crippen molar-refractivity contribution in [1.29, 1.82) is 0 Å². The number of benzene rings is 1. The smallest absolute Gasteiger partial charge is 0.391 e. The molecule has 4 nitrogen and oxygen atoms in total. The van der Waals surface area contributed by atoms with Gasteiger partial charge in [-0.2, -0.15) is 13.2 Å². The van der Waals surface area contributed by atoms with Crippen molar-refractivity contribution in [2.45, 2.75) is 12.6 Å². The molecule has 1 aromatic carbocycles. The molecule has 0 aliphatic rings. The lowest BCUT2D eigenvalue weighted by Crippen LogP contribution is -2.30. The Bertz CT molecular complexity index is 418. The van der Waals surface area contributed by atoms with E-state index < -0.39 is 31.7 Å². The summed E-state index contributed by atoms with van der Waals surface area (Å²) >= 11 is 0. The first-order valence-corrected chi connectivity index (χ1v) is 5.56. The van der Waals surface area contributed by atoms with Crippen LogP contribution in [0.25, 0.3) is 0 Å². The number of nitrogen functional groups attached to an aromatic ring is 1. The number of halogens is 3. The number of carbonyl (C=O) groups excluding carboxylic acids is 1. The molecule has 0 unspecified atom stereocenters. The fourth-order valence-corrected chi connectivity index (χ4v) is 1.29. The Kier molecular flexibility index (Phi) is 5.17. The second kappa shape index (κ2) is 6.42. The molecule has 7 heteroatoms. The highest BCUT2D eigenvalue weighted by Crippen LogP contribution is 2.19. The van der Waals surface area contributed by atoms with Gasteiger partial charge < -0.3 is 15.4 Å². The van der Waals surface area contributed by atoms with Crippen LogP contribution in [-0.2, 0) is 9.53 Å². The highest BCUT2D eigenvalue weighted by atomic mass is 19.4. The van der Waals surface area contributed by atoms with Crippen molar-refractivity contribution in [2.24, 2.45) is 0 Å². The number of nitrogens with zero attached hydrogens (tertiary/aromatic N) is 1. The Labute approximate surface area is 108 Å². The second-order valence-corrected chi connectivity index (χ2v) is 3.96. The topological polar surface area (TPSA) is 55.6 Å². The van der Waals surface area contributed by atoms with E-state index in [0.29, 0.717) is 11.4 Å². The predicted molar refractivity (Wildman–Crippen MR) is 65.8 cm³/mol. The number of likely N-dealkylation sites (N-methyl/N-ethyl adjacent to an activating group) is 1. The van der Waals surface area contributed by atoms with Crippen LogP contribution in [0.1, 0.15) is 6.42 Å². The fourth-order valence-electron chi connectivity index (χ4n) is 1.29. The summed E-state index contributed by atoms with van der Waals surface area (Å²) in [6, 6.07) is 6.54. The third-order valence-corrected chi connectivity index (χ3v) is 2.41. The van der Waals surface area contributed by atoms with Crippen molar-refractivity contribution in [1.82, 2.24) is 0 Å². The van der Waals surface area contributed by atoms with Gasteiger partial charge in [0.2, 0.25) is 0 Å². The fraction of sp³-hybridized carbons (Fsp3) is 0.417. The van der Waals surface area contributed by atoms with Crippen LogP contribution in [0.3, 0.4) is 0 Å². The SMILES string of the molecule is CN(C(=O)COCCC(F)(F)F)c1ccc(N)cc1. The highest BCUT2D eigenvalue weighted by Gasteiger charge is 2.26. The molecule has 2 N–H and O–H groups in total. The number of alkyl halides is 3. The van der Waals surface area contributed by atoms with Crippen LogP contribution in [0.4, 0.5) is 24.5 Å². The first-order chi connectivity index (χ1) is 8.79. The van der Waals surface area contributed by atoms with Gasteiger partial charge in [-0.05, 0) is 24.3 Å². The van der Waals surface area contributed by atoms with Crippen LogP contribution in [0.15, 0.2) is 24.3 Å². The summed E-state index contributed by atoms with van der Waals surface area (Å²) in [4.78, 5) is 12.9. The molecule has 0 spiro atoms. The number of carbonyl (C=O) groups is 1.